The number of phenolic OH excluding ortho intramolecular Hbond substituents is 2. The van der Waals surface area contributed by atoms with Gasteiger partial charge in [-0.2, -0.15) is 0 Å². The Morgan fingerprint density at radius 1 is 1.43 bits per heavy atom. The van der Waals surface area contributed by atoms with Gasteiger partial charge in [-0.05, 0) is 25.1 Å². The summed E-state index contributed by atoms with van der Waals surface area (Å²) in [6, 6.07) is 3.44. The van der Waals surface area contributed by atoms with Crippen LogP contribution in [-0.2, 0) is 14.3 Å². The highest BCUT2D eigenvalue weighted by Gasteiger charge is 2.42. The van der Waals surface area contributed by atoms with Crippen LogP contribution >= 0.6 is 11.8 Å². The molecule has 1 aromatic carbocycles. The molecule has 1 heterocycles. The summed E-state index contributed by atoms with van der Waals surface area (Å²) < 4.78 is 4.99. The minimum atomic E-state index is -0.681. The van der Waals surface area contributed by atoms with Crippen molar-refractivity contribution in [1.29, 1.82) is 0 Å². The number of hydrogen-bond donors (Lipinski definition) is 2. The zero-order valence-electron chi connectivity index (χ0n) is 11.8. The molecule has 2 N–H and O–H groups in total. The molecule has 2 rings (SSSR count). The van der Waals surface area contributed by atoms with Crippen molar-refractivity contribution in [2.75, 3.05) is 12.4 Å². The average Bonchev–Trinajstić information content (AvgIpc) is 2.86. The number of ether oxygens (including phenoxy) is 1. The van der Waals surface area contributed by atoms with E-state index in [1.165, 1.54) is 41.8 Å². The van der Waals surface area contributed by atoms with E-state index >= 15 is 0 Å². The van der Waals surface area contributed by atoms with E-state index < -0.39 is 17.4 Å². The molecule has 114 valence electrons. The van der Waals surface area contributed by atoms with Crippen molar-refractivity contribution in [2.45, 2.75) is 25.3 Å². The Morgan fingerprint density at radius 3 is 2.76 bits per heavy atom. The van der Waals surface area contributed by atoms with E-state index in [0.29, 0.717) is 11.3 Å². The highest BCUT2D eigenvalue weighted by molar-refractivity contribution is 7.99. The van der Waals surface area contributed by atoms with Gasteiger partial charge in [0.1, 0.15) is 22.9 Å². The van der Waals surface area contributed by atoms with Crippen LogP contribution in [0.25, 0.3) is 0 Å². The summed E-state index contributed by atoms with van der Waals surface area (Å²) in [5, 5.41) is 19.0. The molecule has 0 aliphatic carbocycles. The minimum absolute atomic E-state index is 0.00788. The number of benzene rings is 1. The van der Waals surface area contributed by atoms with E-state index in [-0.39, 0.29) is 24.0 Å². The van der Waals surface area contributed by atoms with Crippen LogP contribution in [0.2, 0.25) is 0 Å². The first-order valence-electron chi connectivity index (χ1n) is 6.54. The molecule has 1 aliphatic heterocycles. The summed E-state index contributed by atoms with van der Waals surface area (Å²) >= 11 is 1.35. The van der Waals surface area contributed by atoms with Crippen molar-refractivity contribution < 1.29 is 24.5 Å². The molecule has 21 heavy (non-hydrogen) atoms. The van der Waals surface area contributed by atoms with Crippen molar-refractivity contribution in [3.05, 3.63) is 23.8 Å². The first kappa shape index (κ1) is 15.5. The number of thioether (sulfide) groups is 1. The summed E-state index contributed by atoms with van der Waals surface area (Å²) in [5.41, 5.74) is 0.405. The molecular formula is C14H17NO5S. The van der Waals surface area contributed by atoms with Gasteiger partial charge in [0.05, 0.1) is 6.61 Å². The van der Waals surface area contributed by atoms with E-state index in [4.69, 9.17) is 4.74 Å². The van der Waals surface area contributed by atoms with Gasteiger partial charge in [0.15, 0.2) is 0 Å². The van der Waals surface area contributed by atoms with Crippen molar-refractivity contribution in [3.8, 4) is 11.5 Å². The fourth-order valence-corrected chi connectivity index (χ4v) is 3.78. The Kier molecular flexibility index (Phi) is 4.62. The molecule has 0 spiro atoms. The molecule has 0 radical (unpaired) electrons. The summed E-state index contributed by atoms with van der Waals surface area (Å²) in [5.74, 6) is -0.390. The van der Waals surface area contributed by atoms with Crippen molar-refractivity contribution in [1.82, 2.24) is 4.90 Å². The lowest BCUT2D eigenvalue weighted by Crippen LogP contribution is -2.42. The van der Waals surface area contributed by atoms with Crippen LogP contribution in [0.3, 0.4) is 0 Å². The van der Waals surface area contributed by atoms with E-state index in [1.807, 2.05) is 0 Å². The highest BCUT2D eigenvalue weighted by Crippen LogP contribution is 2.45. The Hall–Kier alpha value is -1.89. The predicted molar refractivity (Wildman–Crippen MR) is 77.9 cm³/mol. The van der Waals surface area contributed by atoms with Crippen LogP contribution in [0.5, 0.6) is 11.5 Å². The maximum Gasteiger partial charge on any atom is 0.329 e. The number of rotatable bonds is 3. The number of hydrogen-bond acceptors (Lipinski definition) is 6. The number of nitrogens with zero attached hydrogens (tertiary/aromatic N) is 1. The van der Waals surface area contributed by atoms with E-state index in [0.717, 1.165) is 0 Å². The first-order chi connectivity index (χ1) is 9.95. The standard InChI is InChI=1S/C14H17NO5S/c1-3-20-14(19)11-7-21-13(15(11)8(2)16)10-6-9(17)4-5-12(10)18/h4-6,11,13,17-18H,3,7H2,1-2H3. The van der Waals surface area contributed by atoms with Gasteiger partial charge in [0.2, 0.25) is 5.91 Å². The smallest absolute Gasteiger partial charge is 0.329 e. The number of aromatic hydroxyl groups is 2. The lowest BCUT2D eigenvalue weighted by molar-refractivity contribution is -0.153. The van der Waals surface area contributed by atoms with Gasteiger partial charge in [-0.3, -0.25) is 4.79 Å². The molecule has 7 heteroatoms. The maximum atomic E-state index is 11.9. The molecule has 1 saturated heterocycles. The van der Waals surface area contributed by atoms with Crippen LogP contribution in [0.15, 0.2) is 18.2 Å². The Morgan fingerprint density at radius 2 is 2.14 bits per heavy atom. The quantitative estimate of drug-likeness (QED) is 0.651. The lowest BCUT2D eigenvalue weighted by Gasteiger charge is -2.27. The van der Waals surface area contributed by atoms with Gasteiger partial charge in [-0.25, -0.2) is 4.79 Å². The molecule has 0 bridgehead atoms. The van der Waals surface area contributed by atoms with Gasteiger partial charge >= 0.3 is 5.97 Å². The zero-order valence-corrected chi connectivity index (χ0v) is 12.6. The molecule has 1 amide bonds. The predicted octanol–water partition coefficient (Wildman–Crippen LogP) is 1.62. The third kappa shape index (κ3) is 3.07. The number of esters is 1. The average molecular weight is 311 g/mol. The van der Waals surface area contributed by atoms with Crippen molar-refractivity contribution in [2.24, 2.45) is 0 Å². The summed E-state index contributed by atoms with van der Waals surface area (Å²) in [6.07, 6.45) is 0. The molecule has 0 aromatic heterocycles. The summed E-state index contributed by atoms with van der Waals surface area (Å²) in [4.78, 5) is 25.2. The van der Waals surface area contributed by atoms with Crippen LogP contribution in [-0.4, -0.2) is 45.4 Å². The zero-order chi connectivity index (χ0) is 15.6. The Bertz CT molecular complexity index is 562. The van der Waals surface area contributed by atoms with E-state index in [1.54, 1.807) is 6.92 Å². The molecule has 1 fully saturated rings. The van der Waals surface area contributed by atoms with Gasteiger partial charge in [0, 0.05) is 18.2 Å². The lowest BCUT2D eigenvalue weighted by atomic mass is 10.1. The van der Waals surface area contributed by atoms with Crippen LogP contribution in [0.4, 0.5) is 0 Å². The number of amides is 1. The van der Waals surface area contributed by atoms with Gasteiger partial charge in [0.25, 0.3) is 0 Å². The van der Waals surface area contributed by atoms with Gasteiger partial charge in [-0.15, -0.1) is 11.8 Å². The monoisotopic (exact) mass is 311 g/mol. The molecule has 1 aromatic rings. The van der Waals surface area contributed by atoms with Gasteiger partial charge < -0.3 is 19.8 Å². The first-order valence-corrected chi connectivity index (χ1v) is 7.59. The third-order valence-electron chi connectivity index (χ3n) is 3.20. The van der Waals surface area contributed by atoms with E-state index in [9.17, 15) is 19.8 Å². The largest absolute Gasteiger partial charge is 0.508 e. The molecule has 0 saturated carbocycles. The number of carbonyl (C=O) groups excluding carboxylic acids is 2. The Labute approximate surface area is 126 Å². The second-order valence-electron chi connectivity index (χ2n) is 4.62. The third-order valence-corrected chi connectivity index (χ3v) is 4.50. The Balaban J connectivity index is 2.34. The topological polar surface area (TPSA) is 87.1 Å². The molecule has 2 unspecified atom stereocenters. The minimum Gasteiger partial charge on any atom is -0.508 e. The fourth-order valence-electron chi connectivity index (χ4n) is 2.29. The van der Waals surface area contributed by atoms with E-state index in [2.05, 4.69) is 0 Å². The highest BCUT2D eigenvalue weighted by atomic mass is 32.2. The maximum absolute atomic E-state index is 11.9. The van der Waals surface area contributed by atoms with Crippen LogP contribution in [0.1, 0.15) is 24.8 Å². The normalized spacial score (nSPS) is 21.3. The molecular weight excluding hydrogens is 294 g/mol. The van der Waals surface area contributed by atoms with Gasteiger partial charge in [-0.1, -0.05) is 0 Å². The van der Waals surface area contributed by atoms with Crippen molar-refractivity contribution >= 4 is 23.6 Å². The molecule has 2 atom stereocenters. The second kappa shape index (κ2) is 6.26. The molecule has 6 nitrogen and oxygen atoms in total. The summed E-state index contributed by atoms with van der Waals surface area (Å²) in [6.45, 7) is 3.31. The van der Waals surface area contributed by atoms with Crippen LogP contribution in [0, 0.1) is 0 Å². The SMILES string of the molecule is CCOC(=O)C1CSC(c2cc(O)ccc2O)N1C(C)=O. The van der Waals surface area contributed by atoms with Crippen LogP contribution < -0.4 is 0 Å². The molecule has 1 aliphatic rings. The summed E-state index contributed by atoms with van der Waals surface area (Å²) in [7, 11) is 0. The van der Waals surface area contributed by atoms with Crippen molar-refractivity contribution in [3.63, 3.8) is 0 Å². The fraction of sp³-hybridized carbons (Fsp3) is 0.429. The number of carbonyl (C=O) groups is 2. The number of phenols is 2. The second-order valence-corrected chi connectivity index (χ2v) is 5.74.